The molecule has 1 N–H and O–H groups in total. The Morgan fingerprint density at radius 1 is 1.32 bits per heavy atom. The zero-order valence-corrected chi connectivity index (χ0v) is 11.4. The van der Waals surface area contributed by atoms with Crippen molar-refractivity contribution in [1.82, 2.24) is 5.32 Å². The van der Waals surface area contributed by atoms with E-state index in [0.29, 0.717) is 12.6 Å². The highest BCUT2D eigenvalue weighted by Crippen LogP contribution is 2.33. The highest BCUT2D eigenvalue weighted by Gasteiger charge is 2.23. The monoisotopic (exact) mass is 263 g/mol. The van der Waals surface area contributed by atoms with E-state index in [9.17, 15) is 0 Å². The molecule has 4 heteroatoms. The van der Waals surface area contributed by atoms with Crippen LogP contribution in [0.1, 0.15) is 24.8 Å². The molecule has 1 unspecified atom stereocenters. The Labute approximate surface area is 114 Å². The van der Waals surface area contributed by atoms with Crippen LogP contribution in [0.2, 0.25) is 0 Å². The maximum absolute atomic E-state index is 6.09. The van der Waals surface area contributed by atoms with Gasteiger partial charge in [-0.05, 0) is 18.9 Å². The van der Waals surface area contributed by atoms with E-state index in [2.05, 4.69) is 11.4 Å². The van der Waals surface area contributed by atoms with E-state index in [0.717, 1.165) is 36.6 Å². The summed E-state index contributed by atoms with van der Waals surface area (Å²) in [6.07, 6.45) is 3.68. The maximum Gasteiger partial charge on any atom is 0.166 e. The topological polar surface area (TPSA) is 39.7 Å². The molecule has 1 saturated carbocycles. The highest BCUT2D eigenvalue weighted by molar-refractivity contribution is 5.46. The molecule has 1 aromatic carbocycles. The maximum atomic E-state index is 6.09. The summed E-state index contributed by atoms with van der Waals surface area (Å²) in [5.41, 5.74) is 1.16. The van der Waals surface area contributed by atoms with Gasteiger partial charge in [0.1, 0.15) is 6.10 Å². The lowest BCUT2D eigenvalue weighted by molar-refractivity contribution is 0.138. The summed E-state index contributed by atoms with van der Waals surface area (Å²) in [7, 11) is 1.69. The second-order valence-electron chi connectivity index (χ2n) is 5.21. The molecule has 0 aromatic heterocycles. The van der Waals surface area contributed by atoms with E-state index in [4.69, 9.17) is 14.2 Å². The Morgan fingerprint density at radius 3 is 2.89 bits per heavy atom. The fraction of sp³-hybridized carbons (Fsp3) is 0.600. The number of rotatable bonds is 6. The number of methoxy groups -OCH3 is 1. The van der Waals surface area contributed by atoms with Crippen LogP contribution in [-0.4, -0.2) is 32.5 Å². The summed E-state index contributed by atoms with van der Waals surface area (Å²) in [6, 6.07) is 6.75. The summed E-state index contributed by atoms with van der Waals surface area (Å²) >= 11 is 0. The third kappa shape index (κ3) is 3.19. The Balaban J connectivity index is 1.75. The van der Waals surface area contributed by atoms with Gasteiger partial charge in [-0.15, -0.1) is 0 Å². The zero-order chi connectivity index (χ0) is 13.1. The van der Waals surface area contributed by atoms with Crippen molar-refractivity contribution >= 4 is 0 Å². The minimum atomic E-state index is 0.149. The number of hydrogen-bond donors (Lipinski definition) is 1. The third-order valence-electron chi connectivity index (χ3n) is 3.61. The molecular weight excluding hydrogens is 242 g/mol. The number of nitrogens with one attached hydrogen (secondary N) is 1. The van der Waals surface area contributed by atoms with Gasteiger partial charge in [0.25, 0.3) is 0 Å². The van der Waals surface area contributed by atoms with Crippen LogP contribution in [0.3, 0.4) is 0 Å². The zero-order valence-electron chi connectivity index (χ0n) is 11.4. The summed E-state index contributed by atoms with van der Waals surface area (Å²) < 4.78 is 16.9. The van der Waals surface area contributed by atoms with Crippen molar-refractivity contribution in [3.8, 4) is 11.5 Å². The molecule has 0 spiro atoms. The summed E-state index contributed by atoms with van der Waals surface area (Å²) in [4.78, 5) is 0. The van der Waals surface area contributed by atoms with Gasteiger partial charge in [-0.25, -0.2) is 0 Å². The molecule has 1 atom stereocenters. The first kappa shape index (κ1) is 12.8. The molecule has 2 fully saturated rings. The van der Waals surface area contributed by atoms with Crippen molar-refractivity contribution in [2.75, 3.05) is 20.3 Å². The molecule has 0 amide bonds. The molecule has 1 aliphatic carbocycles. The fourth-order valence-electron chi connectivity index (χ4n) is 2.31. The van der Waals surface area contributed by atoms with Crippen LogP contribution in [0, 0.1) is 0 Å². The minimum Gasteiger partial charge on any atom is -0.493 e. The number of hydrogen-bond acceptors (Lipinski definition) is 4. The van der Waals surface area contributed by atoms with Gasteiger partial charge >= 0.3 is 0 Å². The van der Waals surface area contributed by atoms with E-state index in [1.807, 2.05) is 12.1 Å². The molecule has 0 bridgehead atoms. The van der Waals surface area contributed by atoms with Gasteiger partial charge in [0, 0.05) is 24.6 Å². The molecule has 4 nitrogen and oxygen atoms in total. The number of ether oxygens (including phenoxy) is 3. The average molecular weight is 263 g/mol. The van der Waals surface area contributed by atoms with Gasteiger partial charge in [-0.1, -0.05) is 12.1 Å². The second-order valence-corrected chi connectivity index (χ2v) is 5.21. The van der Waals surface area contributed by atoms with Gasteiger partial charge < -0.3 is 19.5 Å². The summed E-state index contributed by atoms with van der Waals surface area (Å²) in [6.45, 7) is 2.30. The van der Waals surface area contributed by atoms with Gasteiger partial charge in [0.15, 0.2) is 11.5 Å². The molecule has 1 aromatic rings. The standard InChI is InChI=1S/C15H21NO3/c1-17-14-4-2-3-11(9-16-12-5-6-12)15(14)19-13-7-8-18-10-13/h2-4,12-13,16H,5-10H2,1H3. The van der Waals surface area contributed by atoms with E-state index in [1.165, 1.54) is 12.8 Å². The van der Waals surface area contributed by atoms with Crippen LogP contribution in [0.25, 0.3) is 0 Å². The van der Waals surface area contributed by atoms with Crippen LogP contribution in [0.4, 0.5) is 0 Å². The smallest absolute Gasteiger partial charge is 0.166 e. The Kier molecular flexibility index (Phi) is 3.89. The van der Waals surface area contributed by atoms with Crippen LogP contribution in [0.15, 0.2) is 18.2 Å². The Morgan fingerprint density at radius 2 is 2.21 bits per heavy atom. The van der Waals surface area contributed by atoms with Crippen molar-refractivity contribution in [3.63, 3.8) is 0 Å². The third-order valence-corrected chi connectivity index (χ3v) is 3.61. The quantitative estimate of drug-likeness (QED) is 0.853. The van der Waals surface area contributed by atoms with Gasteiger partial charge in [0.2, 0.25) is 0 Å². The van der Waals surface area contributed by atoms with Gasteiger partial charge in [0.05, 0.1) is 20.3 Å². The lowest BCUT2D eigenvalue weighted by Crippen LogP contribution is -2.20. The summed E-state index contributed by atoms with van der Waals surface area (Å²) in [5, 5.41) is 3.52. The van der Waals surface area contributed by atoms with Crippen LogP contribution in [-0.2, 0) is 11.3 Å². The average Bonchev–Trinajstić information content (AvgIpc) is 3.13. The normalized spacial score (nSPS) is 22.5. The Bertz CT molecular complexity index is 425. The van der Waals surface area contributed by atoms with E-state index in [-0.39, 0.29) is 6.10 Å². The van der Waals surface area contributed by atoms with E-state index < -0.39 is 0 Å². The number of para-hydroxylation sites is 1. The first-order valence-corrected chi connectivity index (χ1v) is 7.00. The van der Waals surface area contributed by atoms with Crippen molar-refractivity contribution in [1.29, 1.82) is 0 Å². The predicted octanol–water partition coefficient (Wildman–Crippen LogP) is 2.11. The SMILES string of the molecule is COc1cccc(CNC2CC2)c1OC1CCOC1. The molecule has 3 rings (SSSR count). The lowest BCUT2D eigenvalue weighted by Gasteiger charge is -2.18. The van der Waals surface area contributed by atoms with E-state index >= 15 is 0 Å². The van der Waals surface area contributed by atoms with Gasteiger partial charge in [-0.3, -0.25) is 0 Å². The van der Waals surface area contributed by atoms with Crippen molar-refractivity contribution in [2.45, 2.75) is 38.0 Å². The van der Waals surface area contributed by atoms with Crippen LogP contribution < -0.4 is 14.8 Å². The molecule has 1 saturated heterocycles. The predicted molar refractivity (Wildman–Crippen MR) is 72.7 cm³/mol. The summed E-state index contributed by atoms with van der Waals surface area (Å²) in [5.74, 6) is 1.68. The molecule has 1 heterocycles. The first-order valence-electron chi connectivity index (χ1n) is 7.00. The van der Waals surface area contributed by atoms with Crippen molar-refractivity contribution in [3.05, 3.63) is 23.8 Å². The molecule has 104 valence electrons. The second kappa shape index (κ2) is 5.80. The van der Waals surface area contributed by atoms with Gasteiger partial charge in [-0.2, -0.15) is 0 Å². The van der Waals surface area contributed by atoms with Crippen molar-refractivity contribution in [2.24, 2.45) is 0 Å². The fourth-order valence-corrected chi connectivity index (χ4v) is 2.31. The molecular formula is C15H21NO3. The van der Waals surface area contributed by atoms with Crippen LogP contribution >= 0.6 is 0 Å². The van der Waals surface area contributed by atoms with Crippen LogP contribution in [0.5, 0.6) is 11.5 Å². The molecule has 1 aliphatic heterocycles. The highest BCUT2D eigenvalue weighted by atomic mass is 16.6. The lowest BCUT2D eigenvalue weighted by atomic mass is 10.1. The minimum absolute atomic E-state index is 0.149. The molecule has 19 heavy (non-hydrogen) atoms. The largest absolute Gasteiger partial charge is 0.493 e. The number of benzene rings is 1. The molecule has 2 aliphatic rings. The molecule has 0 radical (unpaired) electrons. The Hall–Kier alpha value is -1.26. The first-order chi connectivity index (χ1) is 9.36. The van der Waals surface area contributed by atoms with Crippen molar-refractivity contribution < 1.29 is 14.2 Å². The van der Waals surface area contributed by atoms with E-state index in [1.54, 1.807) is 7.11 Å².